The maximum absolute atomic E-state index is 10.0. The molecule has 0 aromatic rings. The van der Waals surface area contributed by atoms with E-state index in [1.165, 1.54) is 6.92 Å². The van der Waals surface area contributed by atoms with E-state index in [2.05, 4.69) is 17.4 Å². The summed E-state index contributed by atoms with van der Waals surface area (Å²) in [6, 6.07) is 0. The standard InChI is InChI=1S/C3H8O2SSi/c1-2(4)5-3(6)7/h3,6H,1,7H3. The van der Waals surface area contributed by atoms with Gasteiger partial charge >= 0.3 is 5.97 Å². The Bertz CT molecular complexity index is 73.3. The number of hydrogen-bond donors (Lipinski definition) is 1. The average molecular weight is 136 g/mol. The molecule has 0 radical (unpaired) electrons. The number of hydrogen-bond acceptors (Lipinski definition) is 3. The Balaban J connectivity index is 3.13. The number of carbonyl (C=O) groups excluding carboxylic acids is 1. The molecule has 0 heterocycles. The third kappa shape index (κ3) is 6.04. The molecule has 7 heavy (non-hydrogen) atoms. The molecular formula is C3H8O2SSi. The minimum atomic E-state index is -0.255. The van der Waals surface area contributed by atoms with Crippen LogP contribution < -0.4 is 0 Å². The second-order valence-electron chi connectivity index (χ2n) is 1.21. The van der Waals surface area contributed by atoms with Crippen molar-refractivity contribution in [2.24, 2.45) is 0 Å². The largest absolute Gasteiger partial charge is 0.457 e. The number of ether oxygens (including phenoxy) is 1. The molecule has 0 saturated heterocycles. The van der Waals surface area contributed by atoms with E-state index in [4.69, 9.17) is 0 Å². The molecule has 1 unspecified atom stereocenters. The predicted octanol–water partition coefficient (Wildman–Crippen LogP) is -0.872. The Morgan fingerprint density at radius 1 is 2.00 bits per heavy atom. The van der Waals surface area contributed by atoms with Gasteiger partial charge in [0.2, 0.25) is 0 Å². The minimum Gasteiger partial charge on any atom is -0.457 e. The summed E-state index contributed by atoms with van der Waals surface area (Å²) in [6.45, 7) is 1.38. The number of rotatable bonds is 1. The van der Waals surface area contributed by atoms with Crippen molar-refractivity contribution in [3.05, 3.63) is 0 Å². The zero-order chi connectivity index (χ0) is 5.86. The highest BCUT2D eigenvalue weighted by Crippen LogP contribution is 1.88. The lowest BCUT2D eigenvalue weighted by molar-refractivity contribution is -0.139. The van der Waals surface area contributed by atoms with Crippen molar-refractivity contribution in [1.29, 1.82) is 0 Å². The first-order valence-electron chi connectivity index (χ1n) is 1.98. The average Bonchev–Trinajstić information content (AvgIpc) is 1.27. The molecule has 42 valence electrons. The number of carbonyl (C=O) groups is 1. The summed E-state index contributed by atoms with van der Waals surface area (Å²) < 4.78 is 4.54. The number of thiol groups is 1. The van der Waals surface area contributed by atoms with Crippen molar-refractivity contribution in [2.45, 2.75) is 12.0 Å². The van der Waals surface area contributed by atoms with Gasteiger partial charge in [-0.15, -0.1) is 12.6 Å². The van der Waals surface area contributed by atoms with Crippen molar-refractivity contribution in [3.8, 4) is 0 Å². The second kappa shape index (κ2) is 3.09. The Kier molecular flexibility index (Phi) is 3.11. The van der Waals surface area contributed by atoms with Crippen LogP contribution in [0.4, 0.5) is 0 Å². The van der Waals surface area contributed by atoms with Crippen LogP contribution >= 0.6 is 12.6 Å². The van der Waals surface area contributed by atoms with Crippen molar-refractivity contribution in [2.75, 3.05) is 0 Å². The maximum Gasteiger partial charge on any atom is 0.303 e. The molecule has 0 saturated carbocycles. The topological polar surface area (TPSA) is 26.3 Å². The van der Waals surface area contributed by atoms with E-state index >= 15 is 0 Å². The quantitative estimate of drug-likeness (QED) is 0.219. The number of esters is 1. The summed E-state index contributed by atoms with van der Waals surface area (Å²) in [6.07, 6.45) is 0. The lowest BCUT2D eigenvalue weighted by Gasteiger charge is -2.01. The first-order valence-corrected chi connectivity index (χ1v) is 3.65. The molecule has 0 aliphatic carbocycles. The molecule has 0 aliphatic rings. The molecular weight excluding hydrogens is 128 g/mol. The highest BCUT2D eigenvalue weighted by molar-refractivity contribution is 7.82. The third-order valence-corrected chi connectivity index (χ3v) is 0.678. The lowest BCUT2D eigenvalue weighted by atomic mass is 10.8. The molecule has 0 bridgehead atoms. The van der Waals surface area contributed by atoms with Gasteiger partial charge in [-0.3, -0.25) is 4.79 Å². The van der Waals surface area contributed by atoms with Gasteiger partial charge in [-0.1, -0.05) is 0 Å². The second-order valence-corrected chi connectivity index (χ2v) is 3.96. The van der Waals surface area contributed by atoms with E-state index in [9.17, 15) is 4.79 Å². The summed E-state index contributed by atoms with van der Waals surface area (Å²) in [4.78, 5) is 10.0. The molecule has 0 aromatic carbocycles. The van der Waals surface area contributed by atoms with E-state index in [-0.39, 0.29) is 11.0 Å². The van der Waals surface area contributed by atoms with E-state index in [0.29, 0.717) is 0 Å². The molecule has 2 nitrogen and oxygen atoms in total. The molecule has 0 N–H and O–H groups in total. The van der Waals surface area contributed by atoms with E-state index < -0.39 is 0 Å². The summed E-state index contributed by atoms with van der Waals surface area (Å²) in [5, 5.41) is -0.141. The monoisotopic (exact) mass is 136 g/mol. The fourth-order valence-corrected chi connectivity index (χ4v) is 0.721. The van der Waals surface area contributed by atoms with Crippen LogP contribution in [0.5, 0.6) is 0 Å². The minimum absolute atomic E-state index is 0.141. The molecule has 0 aliphatic heterocycles. The predicted molar refractivity (Wildman–Crippen MR) is 34.5 cm³/mol. The zero-order valence-electron chi connectivity index (χ0n) is 4.34. The van der Waals surface area contributed by atoms with Crippen molar-refractivity contribution < 1.29 is 9.53 Å². The summed E-state index contributed by atoms with van der Waals surface area (Å²) in [5.41, 5.74) is 0. The van der Waals surface area contributed by atoms with Crippen LogP contribution in [-0.2, 0) is 9.53 Å². The summed E-state index contributed by atoms with van der Waals surface area (Å²) in [5.74, 6) is -0.255. The Morgan fingerprint density at radius 3 is 2.43 bits per heavy atom. The van der Waals surface area contributed by atoms with E-state index in [1.807, 2.05) is 0 Å². The maximum atomic E-state index is 10.0. The van der Waals surface area contributed by atoms with Crippen LogP contribution in [-0.4, -0.2) is 21.3 Å². The Morgan fingerprint density at radius 2 is 2.43 bits per heavy atom. The fraction of sp³-hybridized carbons (Fsp3) is 0.667. The smallest absolute Gasteiger partial charge is 0.303 e. The van der Waals surface area contributed by atoms with Gasteiger partial charge in [0.05, 0.1) is 10.2 Å². The van der Waals surface area contributed by atoms with Gasteiger partial charge in [0, 0.05) is 6.92 Å². The normalized spacial score (nSPS) is 13.4. The van der Waals surface area contributed by atoms with Crippen LogP contribution in [0.15, 0.2) is 0 Å². The Labute approximate surface area is 51.1 Å². The van der Waals surface area contributed by atoms with Gasteiger partial charge in [-0.05, 0) is 0 Å². The Hall–Kier alpha value is 0.0369. The van der Waals surface area contributed by atoms with E-state index in [1.54, 1.807) is 0 Å². The molecule has 0 amide bonds. The van der Waals surface area contributed by atoms with Crippen molar-refractivity contribution in [1.82, 2.24) is 0 Å². The SMILES string of the molecule is CC(=O)OC([SiH3])S. The third-order valence-electron chi connectivity index (χ3n) is 0.337. The summed E-state index contributed by atoms with van der Waals surface area (Å²) in [7, 11) is 0.788. The van der Waals surface area contributed by atoms with E-state index in [0.717, 1.165) is 10.2 Å². The van der Waals surface area contributed by atoms with Gasteiger partial charge in [0.1, 0.15) is 5.06 Å². The molecule has 1 atom stereocenters. The van der Waals surface area contributed by atoms with Crippen LogP contribution in [0.25, 0.3) is 0 Å². The van der Waals surface area contributed by atoms with Crippen LogP contribution in [0.1, 0.15) is 6.92 Å². The van der Waals surface area contributed by atoms with Gasteiger partial charge < -0.3 is 4.74 Å². The molecule has 4 heteroatoms. The van der Waals surface area contributed by atoms with Crippen molar-refractivity contribution in [3.63, 3.8) is 0 Å². The van der Waals surface area contributed by atoms with Crippen LogP contribution in [0.2, 0.25) is 0 Å². The summed E-state index contributed by atoms with van der Waals surface area (Å²) >= 11 is 3.86. The van der Waals surface area contributed by atoms with Gasteiger partial charge in [0.25, 0.3) is 0 Å². The molecule has 0 spiro atoms. The van der Waals surface area contributed by atoms with Crippen molar-refractivity contribution >= 4 is 28.8 Å². The molecule has 0 aromatic heterocycles. The highest BCUT2D eigenvalue weighted by Gasteiger charge is 1.94. The van der Waals surface area contributed by atoms with Gasteiger partial charge in [0.15, 0.2) is 0 Å². The first kappa shape index (κ1) is 7.04. The zero-order valence-corrected chi connectivity index (χ0v) is 7.24. The van der Waals surface area contributed by atoms with Gasteiger partial charge in [-0.25, -0.2) is 0 Å². The molecule has 0 fully saturated rings. The first-order chi connectivity index (χ1) is 3.13. The van der Waals surface area contributed by atoms with Crippen LogP contribution in [0, 0.1) is 0 Å². The fourth-order valence-electron chi connectivity index (χ4n) is 0.240. The van der Waals surface area contributed by atoms with Crippen LogP contribution in [0.3, 0.4) is 0 Å². The van der Waals surface area contributed by atoms with Gasteiger partial charge in [-0.2, -0.15) is 0 Å². The highest BCUT2D eigenvalue weighted by atomic mass is 32.1. The lowest BCUT2D eigenvalue weighted by Crippen LogP contribution is -2.08. The molecule has 0 rings (SSSR count).